The Bertz CT molecular complexity index is 1220. The minimum absolute atomic E-state index is 0.0145. The first-order valence-corrected chi connectivity index (χ1v) is 11.8. The fraction of sp³-hybridized carbons (Fsp3) is 0.348. The summed E-state index contributed by atoms with van der Waals surface area (Å²) < 4.78 is 32.5. The van der Waals surface area contributed by atoms with Crippen LogP contribution in [0.3, 0.4) is 0 Å². The first-order valence-electron chi connectivity index (χ1n) is 10.3. The van der Waals surface area contributed by atoms with E-state index in [-0.39, 0.29) is 17.9 Å². The number of anilines is 1. The SMILES string of the molecule is Cc1ccc(S(=O)(=O)N2CC(O)CC2C(=O)OC(C)C(=O)Nc2cccc(C#N)c2)cc1C. The molecule has 1 heterocycles. The zero-order chi connectivity index (χ0) is 24.3. The van der Waals surface area contributed by atoms with E-state index in [2.05, 4.69) is 5.32 Å². The number of ether oxygens (including phenoxy) is 1. The Kier molecular flexibility index (Phi) is 7.17. The summed E-state index contributed by atoms with van der Waals surface area (Å²) in [5.41, 5.74) is 2.41. The van der Waals surface area contributed by atoms with Gasteiger partial charge in [0.25, 0.3) is 5.91 Å². The van der Waals surface area contributed by atoms with Crippen molar-refractivity contribution in [2.24, 2.45) is 0 Å². The number of hydrogen-bond acceptors (Lipinski definition) is 7. The van der Waals surface area contributed by atoms with Crippen LogP contribution in [-0.4, -0.2) is 54.5 Å². The summed E-state index contributed by atoms with van der Waals surface area (Å²) in [6.45, 7) is 4.74. The van der Waals surface area contributed by atoms with Gasteiger partial charge in [-0.1, -0.05) is 12.1 Å². The molecule has 0 aromatic heterocycles. The van der Waals surface area contributed by atoms with Crippen LogP contribution in [0.2, 0.25) is 0 Å². The van der Waals surface area contributed by atoms with Gasteiger partial charge in [0.05, 0.1) is 22.6 Å². The van der Waals surface area contributed by atoms with E-state index >= 15 is 0 Å². The van der Waals surface area contributed by atoms with E-state index in [0.29, 0.717) is 11.3 Å². The average Bonchev–Trinajstić information content (AvgIpc) is 3.18. The standard InChI is InChI=1S/C23H25N3O6S/c1-14-7-8-20(9-15(14)2)33(30,31)26-13-19(27)11-21(26)23(29)32-16(3)22(28)25-18-6-4-5-17(10-18)12-24/h4-10,16,19,21,27H,11,13H2,1-3H3,(H,25,28). The van der Waals surface area contributed by atoms with Gasteiger partial charge in [-0.3, -0.25) is 9.59 Å². The molecule has 174 valence electrons. The van der Waals surface area contributed by atoms with Gasteiger partial charge < -0.3 is 15.2 Å². The van der Waals surface area contributed by atoms with Crippen LogP contribution in [0.1, 0.15) is 30.0 Å². The number of nitrogens with zero attached hydrogens (tertiary/aromatic N) is 2. The quantitative estimate of drug-likeness (QED) is 0.614. The van der Waals surface area contributed by atoms with Crippen LogP contribution in [0.5, 0.6) is 0 Å². The van der Waals surface area contributed by atoms with Gasteiger partial charge in [-0.15, -0.1) is 0 Å². The summed E-state index contributed by atoms with van der Waals surface area (Å²) >= 11 is 0. The number of hydrogen-bond donors (Lipinski definition) is 2. The number of sulfonamides is 1. The fourth-order valence-corrected chi connectivity index (χ4v) is 5.20. The van der Waals surface area contributed by atoms with E-state index < -0.39 is 40.1 Å². The Labute approximate surface area is 192 Å². The normalized spacial score (nSPS) is 19.5. The summed E-state index contributed by atoms with van der Waals surface area (Å²) in [5, 5.41) is 21.6. The first kappa shape index (κ1) is 24.4. The van der Waals surface area contributed by atoms with Gasteiger partial charge in [0.15, 0.2) is 6.10 Å². The maximum absolute atomic E-state index is 13.2. The molecule has 2 aromatic carbocycles. The third-order valence-electron chi connectivity index (χ3n) is 5.51. The summed E-state index contributed by atoms with van der Waals surface area (Å²) in [6.07, 6.45) is -2.41. The molecule has 0 spiro atoms. The molecule has 0 radical (unpaired) electrons. The Morgan fingerprint density at radius 1 is 1.21 bits per heavy atom. The number of amides is 1. The van der Waals surface area contributed by atoms with Crippen molar-refractivity contribution in [3.05, 3.63) is 59.2 Å². The van der Waals surface area contributed by atoms with Gasteiger partial charge in [-0.05, 0) is 62.2 Å². The summed E-state index contributed by atoms with van der Waals surface area (Å²) in [5.74, 6) is -1.56. The predicted octanol–water partition coefficient (Wildman–Crippen LogP) is 1.87. The number of carbonyl (C=O) groups excluding carboxylic acids is 2. The Balaban J connectivity index is 1.74. The third-order valence-corrected chi connectivity index (χ3v) is 7.38. The molecule has 1 aliphatic heterocycles. The Morgan fingerprint density at radius 3 is 2.61 bits per heavy atom. The lowest BCUT2D eigenvalue weighted by Crippen LogP contribution is -2.43. The molecule has 1 saturated heterocycles. The van der Waals surface area contributed by atoms with E-state index in [1.807, 2.05) is 13.0 Å². The molecule has 2 aromatic rings. The van der Waals surface area contributed by atoms with E-state index in [1.54, 1.807) is 31.2 Å². The lowest BCUT2D eigenvalue weighted by atomic mass is 10.1. The van der Waals surface area contributed by atoms with Crippen LogP contribution < -0.4 is 5.32 Å². The number of aliphatic hydroxyl groups is 1. The van der Waals surface area contributed by atoms with Crippen LogP contribution in [0, 0.1) is 25.2 Å². The molecule has 3 unspecified atom stereocenters. The molecule has 0 saturated carbocycles. The summed E-state index contributed by atoms with van der Waals surface area (Å²) in [7, 11) is -4.08. The second-order valence-electron chi connectivity index (χ2n) is 7.99. The fourth-order valence-electron chi connectivity index (χ4n) is 3.49. The van der Waals surface area contributed by atoms with E-state index in [1.165, 1.54) is 25.1 Å². The number of esters is 1. The molecule has 0 bridgehead atoms. The molecular weight excluding hydrogens is 446 g/mol. The van der Waals surface area contributed by atoms with Gasteiger partial charge in [-0.25, -0.2) is 8.42 Å². The molecule has 33 heavy (non-hydrogen) atoms. The van der Waals surface area contributed by atoms with Crippen LogP contribution in [0.15, 0.2) is 47.4 Å². The molecule has 1 fully saturated rings. The van der Waals surface area contributed by atoms with Crippen molar-refractivity contribution in [3.8, 4) is 6.07 Å². The van der Waals surface area contributed by atoms with E-state index in [4.69, 9.17) is 10.00 Å². The minimum atomic E-state index is -4.08. The van der Waals surface area contributed by atoms with Gasteiger partial charge in [0.2, 0.25) is 10.0 Å². The van der Waals surface area contributed by atoms with Crippen LogP contribution >= 0.6 is 0 Å². The highest BCUT2D eigenvalue weighted by atomic mass is 32.2. The number of nitrogens with one attached hydrogen (secondary N) is 1. The number of aryl methyl sites for hydroxylation is 2. The number of aliphatic hydroxyl groups excluding tert-OH is 1. The molecule has 10 heteroatoms. The molecule has 3 rings (SSSR count). The second kappa shape index (κ2) is 9.70. The Hall–Kier alpha value is -3.26. The second-order valence-corrected chi connectivity index (χ2v) is 9.88. The highest BCUT2D eigenvalue weighted by Crippen LogP contribution is 2.28. The van der Waals surface area contributed by atoms with Crippen molar-refractivity contribution in [1.82, 2.24) is 4.31 Å². The highest BCUT2D eigenvalue weighted by Gasteiger charge is 2.45. The minimum Gasteiger partial charge on any atom is -0.451 e. The maximum atomic E-state index is 13.2. The van der Waals surface area contributed by atoms with Gasteiger partial charge in [0, 0.05) is 18.7 Å². The number of β-amino-alcohol motifs (C(OH)–C–C–N with tert-alkyl or cyclic N) is 1. The molecule has 2 N–H and O–H groups in total. The van der Waals surface area contributed by atoms with Crippen molar-refractivity contribution in [2.75, 3.05) is 11.9 Å². The topological polar surface area (TPSA) is 137 Å². The van der Waals surface area contributed by atoms with Gasteiger partial charge >= 0.3 is 5.97 Å². The first-order chi connectivity index (χ1) is 15.5. The van der Waals surface area contributed by atoms with Crippen LogP contribution in [0.25, 0.3) is 0 Å². The number of carbonyl (C=O) groups is 2. The third kappa shape index (κ3) is 5.39. The molecule has 9 nitrogen and oxygen atoms in total. The monoisotopic (exact) mass is 471 g/mol. The van der Waals surface area contributed by atoms with Crippen LogP contribution in [0.4, 0.5) is 5.69 Å². The largest absolute Gasteiger partial charge is 0.451 e. The maximum Gasteiger partial charge on any atom is 0.325 e. The Morgan fingerprint density at radius 2 is 1.94 bits per heavy atom. The molecule has 3 atom stereocenters. The van der Waals surface area contributed by atoms with Crippen molar-refractivity contribution in [2.45, 2.75) is 50.3 Å². The number of benzene rings is 2. The van der Waals surface area contributed by atoms with Gasteiger partial charge in [-0.2, -0.15) is 9.57 Å². The van der Waals surface area contributed by atoms with Crippen molar-refractivity contribution < 1.29 is 27.9 Å². The van der Waals surface area contributed by atoms with Crippen molar-refractivity contribution in [3.63, 3.8) is 0 Å². The molecule has 1 aliphatic rings. The van der Waals surface area contributed by atoms with Crippen molar-refractivity contribution in [1.29, 1.82) is 5.26 Å². The highest BCUT2D eigenvalue weighted by molar-refractivity contribution is 7.89. The van der Waals surface area contributed by atoms with Crippen LogP contribution in [-0.2, 0) is 24.3 Å². The lowest BCUT2D eigenvalue weighted by Gasteiger charge is -2.24. The lowest BCUT2D eigenvalue weighted by molar-refractivity contribution is -0.156. The van der Waals surface area contributed by atoms with Gasteiger partial charge in [0.1, 0.15) is 6.04 Å². The summed E-state index contributed by atoms with van der Waals surface area (Å²) in [4.78, 5) is 25.3. The summed E-state index contributed by atoms with van der Waals surface area (Å²) in [6, 6.07) is 11.6. The molecule has 1 amide bonds. The zero-order valence-corrected chi connectivity index (χ0v) is 19.3. The average molecular weight is 472 g/mol. The van der Waals surface area contributed by atoms with E-state index in [0.717, 1.165) is 15.4 Å². The smallest absolute Gasteiger partial charge is 0.325 e. The molecule has 0 aliphatic carbocycles. The number of rotatable bonds is 6. The number of nitriles is 1. The van der Waals surface area contributed by atoms with Crippen molar-refractivity contribution >= 4 is 27.6 Å². The predicted molar refractivity (Wildman–Crippen MR) is 120 cm³/mol. The zero-order valence-electron chi connectivity index (χ0n) is 18.5. The molecular formula is C23H25N3O6S. The van der Waals surface area contributed by atoms with E-state index in [9.17, 15) is 23.1 Å².